The van der Waals surface area contributed by atoms with Crippen molar-refractivity contribution < 1.29 is 0 Å². The molecule has 2 nitrogen and oxygen atoms in total. The van der Waals surface area contributed by atoms with Crippen LogP contribution >= 0.6 is 0 Å². The van der Waals surface area contributed by atoms with Gasteiger partial charge < -0.3 is 11.5 Å². The van der Waals surface area contributed by atoms with Crippen LogP contribution in [-0.2, 0) is 0 Å². The molecule has 0 aromatic heterocycles. The van der Waals surface area contributed by atoms with E-state index in [1.54, 1.807) is 0 Å². The molecule has 1 saturated carbocycles. The molecular formula is C16H34N2. The van der Waals surface area contributed by atoms with Gasteiger partial charge in [-0.25, -0.2) is 0 Å². The lowest BCUT2D eigenvalue weighted by molar-refractivity contribution is 0.328. The Kier molecular flexibility index (Phi) is 9.59. The molecule has 1 fully saturated rings. The molecule has 108 valence electrons. The molecule has 1 aliphatic rings. The van der Waals surface area contributed by atoms with E-state index >= 15 is 0 Å². The van der Waals surface area contributed by atoms with E-state index in [9.17, 15) is 0 Å². The Balaban J connectivity index is 1.75. The van der Waals surface area contributed by atoms with Gasteiger partial charge in [-0.2, -0.15) is 0 Å². The lowest BCUT2D eigenvalue weighted by Crippen LogP contribution is -2.29. The highest BCUT2D eigenvalue weighted by Crippen LogP contribution is 2.28. The van der Waals surface area contributed by atoms with Crippen molar-refractivity contribution in [1.82, 2.24) is 0 Å². The van der Waals surface area contributed by atoms with E-state index in [2.05, 4.69) is 0 Å². The molecule has 4 N–H and O–H groups in total. The van der Waals surface area contributed by atoms with E-state index in [0.717, 1.165) is 12.3 Å². The third kappa shape index (κ3) is 8.93. The molecule has 1 aliphatic carbocycles. The topological polar surface area (TPSA) is 52.0 Å². The summed E-state index contributed by atoms with van der Waals surface area (Å²) in [4.78, 5) is 0. The number of unbranched alkanes of at least 4 members (excludes halogenated alkanes) is 6. The summed E-state index contributed by atoms with van der Waals surface area (Å²) < 4.78 is 0. The standard InChI is InChI=1S/C16H34N2/c17-16(18)14-10-5-3-1-2-4-7-11-15-12-8-6-9-13-15/h15-16H,1-14,17-18H2. The van der Waals surface area contributed by atoms with E-state index < -0.39 is 0 Å². The van der Waals surface area contributed by atoms with Crippen molar-refractivity contribution in [2.24, 2.45) is 17.4 Å². The molecule has 0 heterocycles. The van der Waals surface area contributed by atoms with Crippen LogP contribution in [-0.4, -0.2) is 6.17 Å². The average Bonchev–Trinajstić information content (AvgIpc) is 2.37. The van der Waals surface area contributed by atoms with Gasteiger partial charge in [0.2, 0.25) is 0 Å². The fourth-order valence-electron chi connectivity index (χ4n) is 3.17. The predicted molar refractivity (Wildman–Crippen MR) is 80.3 cm³/mol. The first-order valence-corrected chi connectivity index (χ1v) is 8.30. The van der Waals surface area contributed by atoms with Crippen LogP contribution in [0.25, 0.3) is 0 Å². The van der Waals surface area contributed by atoms with E-state index in [1.165, 1.54) is 83.5 Å². The molecule has 0 aromatic rings. The van der Waals surface area contributed by atoms with Gasteiger partial charge in [0.05, 0.1) is 6.17 Å². The Bertz CT molecular complexity index is 174. The van der Waals surface area contributed by atoms with Gasteiger partial charge >= 0.3 is 0 Å². The Morgan fingerprint density at radius 1 is 0.722 bits per heavy atom. The molecule has 2 heteroatoms. The van der Waals surface area contributed by atoms with Crippen molar-refractivity contribution in [3.8, 4) is 0 Å². The van der Waals surface area contributed by atoms with Gasteiger partial charge in [0.1, 0.15) is 0 Å². The molecule has 0 aromatic carbocycles. The zero-order valence-electron chi connectivity index (χ0n) is 12.2. The molecule has 0 aliphatic heterocycles. The van der Waals surface area contributed by atoms with Crippen molar-refractivity contribution in [3.05, 3.63) is 0 Å². The second kappa shape index (κ2) is 10.8. The van der Waals surface area contributed by atoms with Gasteiger partial charge in [-0.05, 0) is 12.3 Å². The zero-order valence-corrected chi connectivity index (χ0v) is 12.2. The van der Waals surface area contributed by atoms with Gasteiger partial charge in [-0.3, -0.25) is 0 Å². The molecule has 0 amide bonds. The predicted octanol–water partition coefficient (Wildman–Crippen LogP) is 4.32. The largest absolute Gasteiger partial charge is 0.316 e. The SMILES string of the molecule is NC(N)CCCCCCCCCC1CCCCC1. The zero-order chi connectivity index (χ0) is 13.1. The van der Waals surface area contributed by atoms with Crippen molar-refractivity contribution in [2.75, 3.05) is 0 Å². The summed E-state index contributed by atoms with van der Waals surface area (Å²) in [6, 6.07) is 0. The third-order valence-electron chi connectivity index (χ3n) is 4.37. The number of nitrogens with two attached hydrogens (primary N) is 2. The van der Waals surface area contributed by atoms with E-state index in [-0.39, 0.29) is 6.17 Å². The Morgan fingerprint density at radius 3 is 1.89 bits per heavy atom. The molecule has 0 spiro atoms. The van der Waals surface area contributed by atoms with Crippen LogP contribution < -0.4 is 11.5 Å². The van der Waals surface area contributed by atoms with Crippen molar-refractivity contribution in [1.29, 1.82) is 0 Å². The van der Waals surface area contributed by atoms with Crippen LogP contribution in [0.5, 0.6) is 0 Å². The molecule has 0 bridgehead atoms. The summed E-state index contributed by atoms with van der Waals surface area (Å²) in [6.45, 7) is 0. The molecule has 0 unspecified atom stereocenters. The van der Waals surface area contributed by atoms with Crippen LogP contribution in [0.4, 0.5) is 0 Å². The first kappa shape index (κ1) is 16.0. The van der Waals surface area contributed by atoms with Gasteiger partial charge in [0.15, 0.2) is 0 Å². The summed E-state index contributed by atoms with van der Waals surface area (Å²) in [5.41, 5.74) is 11.0. The minimum absolute atomic E-state index is 0.0968. The fourth-order valence-corrected chi connectivity index (χ4v) is 3.17. The Labute approximate surface area is 114 Å². The summed E-state index contributed by atoms with van der Waals surface area (Å²) >= 11 is 0. The quantitative estimate of drug-likeness (QED) is 0.450. The first-order valence-electron chi connectivity index (χ1n) is 8.30. The molecule has 1 rings (SSSR count). The molecule has 18 heavy (non-hydrogen) atoms. The molecular weight excluding hydrogens is 220 g/mol. The average molecular weight is 254 g/mol. The fraction of sp³-hybridized carbons (Fsp3) is 1.00. The molecule has 0 radical (unpaired) electrons. The maximum absolute atomic E-state index is 5.52. The van der Waals surface area contributed by atoms with Crippen LogP contribution in [0.1, 0.15) is 89.9 Å². The van der Waals surface area contributed by atoms with Gasteiger partial charge in [-0.1, -0.05) is 83.5 Å². The highest BCUT2D eigenvalue weighted by atomic mass is 14.8. The van der Waals surface area contributed by atoms with E-state index in [1.807, 2.05) is 0 Å². The summed E-state index contributed by atoms with van der Waals surface area (Å²) in [7, 11) is 0. The maximum Gasteiger partial charge on any atom is 0.0520 e. The molecule has 0 atom stereocenters. The maximum atomic E-state index is 5.52. The summed E-state index contributed by atoms with van der Waals surface area (Å²) in [6.07, 6.45) is 19.5. The van der Waals surface area contributed by atoms with Crippen molar-refractivity contribution >= 4 is 0 Å². The monoisotopic (exact) mass is 254 g/mol. The number of hydrogen-bond donors (Lipinski definition) is 2. The van der Waals surface area contributed by atoms with Crippen molar-refractivity contribution in [2.45, 2.75) is 96.1 Å². The Hall–Kier alpha value is -0.0800. The van der Waals surface area contributed by atoms with Crippen LogP contribution in [0.15, 0.2) is 0 Å². The van der Waals surface area contributed by atoms with Crippen LogP contribution in [0.3, 0.4) is 0 Å². The first-order chi connectivity index (χ1) is 8.79. The minimum atomic E-state index is -0.0968. The minimum Gasteiger partial charge on any atom is -0.316 e. The van der Waals surface area contributed by atoms with Crippen molar-refractivity contribution in [3.63, 3.8) is 0 Å². The highest BCUT2D eigenvalue weighted by Gasteiger charge is 2.12. The third-order valence-corrected chi connectivity index (χ3v) is 4.37. The summed E-state index contributed by atoms with van der Waals surface area (Å²) in [5.74, 6) is 1.07. The second-order valence-corrected chi connectivity index (χ2v) is 6.22. The number of rotatable bonds is 10. The van der Waals surface area contributed by atoms with Gasteiger partial charge in [0, 0.05) is 0 Å². The summed E-state index contributed by atoms with van der Waals surface area (Å²) in [5, 5.41) is 0. The van der Waals surface area contributed by atoms with E-state index in [4.69, 9.17) is 11.5 Å². The second-order valence-electron chi connectivity index (χ2n) is 6.22. The normalized spacial score (nSPS) is 17.5. The van der Waals surface area contributed by atoms with Gasteiger partial charge in [0.25, 0.3) is 0 Å². The lowest BCUT2D eigenvalue weighted by atomic mass is 9.85. The lowest BCUT2D eigenvalue weighted by Gasteiger charge is -2.21. The Morgan fingerprint density at radius 2 is 1.28 bits per heavy atom. The highest BCUT2D eigenvalue weighted by molar-refractivity contribution is 4.65. The van der Waals surface area contributed by atoms with Crippen LogP contribution in [0.2, 0.25) is 0 Å². The van der Waals surface area contributed by atoms with E-state index in [0.29, 0.717) is 0 Å². The smallest absolute Gasteiger partial charge is 0.0520 e. The van der Waals surface area contributed by atoms with Gasteiger partial charge in [-0.15, -0.1) is 0 Å². The van der Waals surface area contributed by atoms with Crippen LogP contribution in [0, 0.1) is 5.92 Å². The molecule has 0 saturated heterocycles. The number of hydrogen-bond acceptors (Lipinski definition) is 2.